The van der Waals surface area contributed by atoms with E-state index in [4.69, 9.17) is 5.84 Å². The minimum Gasteiger partial charge on any atom is -0.320 e. The Morgan fingerprint density at radius 1 is 1.43 bits per heavy atom. The van der Waals surface area contributed by atoms with Gasteiger partial charge in [-0.15, -0.1) is 0 Å². The second kappa shape index (κ2) is 4.77. The minimum absolute atomic E-state index is 0.124. The van der Waals surface area contributed by atoms with Crippen LogP contribution in [0.1, 0.15) is 0 Å². The number of guanidine groups is 1. The molecule has 0 fully saturated rings. The van der Waals surface area contributed by atoms with Gasteiger partial charge in [-0.1, -0.05) is 18.2 Å². The second-order valence-corrected chi connectivity index (χ2v) is 2.32. The van der Waals surface area contributed by atoms with Crippen molar-refractivity contribution in [3.05, 3.63) is 40.4 Å². The molecule has 7 nitrogen and oxygen atoms in total. The molecule has 0 heterocycles. The first-order valence-corrected chi connectivity index (χ1v) is 3.74. The maximum absolute atomic E-state index is 10.0. The van der Waals surface area contributed by atoms with Crippen molar-refractivity contribution in [1.29, 1.82) is 0 Å². The zero-order chi connectivity index (χ0) is 10.4. The van der Waals surface area contributed by atoms with Crippen molar-refractivity contribution < 1.29 is 5.03 Å². The fourth-order valence-electron chi connectivity index (χ4n) is 0.830. The summed E-state index contributed by atoms with van der Waals surface area (Å²) in [7, 11) is 0. The monoisotopic (exact) mass is 195 g/mol. The summed E-state index contributed by atoms with van der Waals surface area (Å²) in [6.07, 6.45) is 0. The third-order valence-corrected chi connectivity index (χ3v) is 1.35. The predicted molar refractivity (Wildman–Crippen MR) is 51.8 cm³/mol. The van der Waals surface area contributed by atoms with Crippen LogP contribution in [0.5, 0.6) is 0 Å². The number of nitrogens with two attached hydrogens (primary N) is 1. The molecule has 74 valence electrons. The average molecular weight is 195 g/mol. The Kier molecular flexibility index (Phi) is 3.39. The van der Waals surface area contributed by atoms with Gasteiger partial charge >= 0.3 is 0 Å². The van der Waals surface area contributed by atoms with Gasteiger partial charge in [0.15, 0.2) is 5.03 Å². The second-order valence-electron chi connectivity index (χ2n) is 2.32. The quantitative estimate of drug-likeness (QED) is 0.204. The van der Waals surface area contributed by atoms with Gasteiger partial charge in [-0.05, 0) is 12.1 Å². The van der Waals surface area contributed by atoms with Crippen LogP contribution in [0.15, 0.2) is 35.4 Å². The van der Waals surface area contributed by atoms with E-state index in [-0.39, 0.29) is 5.96 Å². The maximum Gasteiger partial charge on any atom is 0.287 e. The van der Waals surface area contributed by atoms with Gasteiger partial charge in [-0.25, -0.2) is 16.0 Å². The Balaban J connectivity index is 2.71. The number of nitro groups is 1. The van der Waals surface area contributed by atoms with E-state index in [0.717, 1.165) is 0 Å². The van der Waals surface area contributed by atoms with Crippen LogP contribution >= 0.6 is 0 Å². The number of hydrazone groups is 1. The molecular formula is C7H9N5O2. The summed E-state index contributed by atoms with van der Waals surface area (Å²) >= 11 is 0. The Labute approximate surface area is 79.7 Å². The molecule has 0 aliphatic carbocycles. The highest BCUT2D eigenvalue weighted by Crippen LogP contribution is 2.03. The molecule has 0 atom stereocenters. The van der Waals surface area contributed by atoms with Crippen molar-refractivity contribution in [1.82, 2.24) is 5.43 Å². The van der Waals surface area contributed by atoms with Gasteiger partial charge in [0, 0.05) is 5.69 Å². The van der Waals surface area contributed by atoms with Gasteiger partial charge in [0.05, 0.1) is 0 Å². The first kappa shape index (κ1) is 9.93. The fourth-order valence-corrected chi connectivity index (χ4v) is 0.830. The summed E-state index contributed by atoms with van der Waals surface area (Å²) in [4.78, 5) is 10.0. The van der Waals surface area contributed by atoms with Crippen LogP contribution in [0, 0.1) is 10.1 Å². The molecule has 0 radical (unpaired) electrons. The maximum atomic E-state index is 10.0. The SMILES string of the molecule is NN/C(=N/[N+](=O)[O-])Nc1ccccc1. The van der Waals surface area contributed by atoms with Crippen molar-refractivity contribution in [3.8, 4) is 0 Å². The summed E-state index contributed by atoms with van der Waals surface area (Å²) < 4.78 is 0. The minimum atomic E-state index is -0.842. The normalized spacial score (nSPS) is 10.8. The van der Waals surface area contributed by atoms with Gasteiger partial charge in [-0.2, -0.15) is 0 Å². The summed E-state index contributed by atoms with van der Waals surface area (Å²) in [5, 5.41) is 14.8. The molecule has 0 amide bonds. The number of hydrogen-bond acceptors (Lipinski definition) is 3. The van der Waals surface area contributed by atoms with E-state index < -0.39 is 5.03 Å². The van der Waals surface area contributed by atoms with Crippen LogP contribution in [-0.2, 0) is 0 Å². The summed E-state index contributed by atoms with van der Waals surface area (Å²) in [6.45, 7) is 0. The molecule has 1 aromatic rings. The van der Waals surface area contributed by atoms with E-state index >= 15 is 0 Å². The number of hydrazine groups is 1. The van der Waals surface area contributed by atoms with Gasteiger partial charge in [-0.3, -0.25) is 5.43 Å². The van der Waals surface area contributed by atoms with Crippen LogP contribution in [-0.4, -0.2) is 11.0 Å². The zero-order valence-corrected chi connectivity index (χ0v) is 7.18. The lowest BCUT2D eigenvalue weighted by atomic mass is 10.3. The van der Waals surface area contributed by atoms with E-state index in [0.29, 0.717) is 5.69 Å². The van der Waals surface area contributed by atoms with E-state index in [9.17, 15) is 10.1 Å². The Bertz CT molecular complexity index is 337. The molecule has 0 bridgehead atoms. The standard InChI is InChI=1S/C7H9N5O2/c8-10-7(11-12(13)14)9-6-4-2-1-3-5-6/h1-5H,8H2,(H2,9,10,11). The fraction of sp³-hybridized carbons (Fsp3) is 0. The van der Waals surface area contributed by atoms with Crippen LogP contribution in [0.3, 0.4) is 0 Å². The molecule has 0 saturated heterocycles. The number of para-hydroxylation sites is 1. The predicted octanol–water partition coefficient (Wildman–Crippen LogP) is 0.109. The van der Waals surface area contributed by atoms with Gasteiger partial charge in [0.2, 0.25) is 0 Å². The number of anilines is 1. The molecular weight excluding hydrogens is 186 g/mol. The molecule has 1 rings (SSSR count). The highest BCUT2D eigenvalue weighted by molar-refractivity contribution is 5.92. The first-order chi connectivity index (χ1) is 6.72. The Morgan fingerprint density at radius 2 is 2.07 bits per heavy atom. The Hall–Kier alpha value is -2.15. The van der Waals surface area contributed by atoms with E-state index in [1.54, 1.807) is 24.3 Å². The number of nitrogens with zero attached hydrogens (tertiary/aromatic N) is 2. The summed E-state index contributed by atoms with van der Waals surface area (Å²) in [6, 6.07) is 8.84. The van der Waals surface area contributed by atoms with Crippen molar-refractivity contribution in [3.63, 3.8) is 0 Å². The molecule has 14 heavy (non-hydrogen) atoms. The molecule has 0 aliphatic rings. The van der Waals surface area contributed by atoms with Gasteiger partial charge in [0.25, 0.3) is 5.96 Å². The number of nitrogens with one attached hydrogen (secondary N) is 2. The lowest BCUT2D eigenvalue weighted by molar-refractivity contribution is -0.485. The average Bonchev–Trinajstić information content (AvgIpc) is 2.17. The lowest BCUT2D eigenvalue weighted by Gasteiger charge is -2.04. The third kappa shape index (κ3) is 3.07. The van der Waals surface area contributed by atoms with E-state index in [1.807, 2.05) is 6.07 Å². The smallest absolute Gasteiger partial charge is 0.287 e. The van der Waals surface area contributed by atoms with Gasteiger partial charge in [0.1, 0.15) is 5.10 Å². The Morgan fingerprint density at radius 3 is 2.57 bits per heavy atom. The molecule has 1 aromatic carbocycles. The van der Waals surface area contributed by atoms with E-state index in [2.05, 4.69) is 15.8 Å². The van der Waals surface area contributed by atoms with Crippen LogP contribution in [0.25, 0.3) is 0 Å². The summed E-state index contributed by atoms with van der Waals surface area (Å²) in [5.41, 5.74) is 2.74. The largest absolute Gasteiger partial charge is 0.320 e. The molecule has 0 saturated carbocycles. The topological polar surface area (TPSA) is 106 Å². The molecule has 0 aliphatic heterocycles. The number of benzene rings is 1. The molecule has 0 aromatic heterocycles. The highest BCUT2D eigenvalue weighted by Gasteiger charge is 2.01. The van der Waals surface area contributed by atoms with Crippen molar-refractivity contribution in [2.24, 2.45) is 10.9 Å². The van der Waals surface area contributed by atoms with Crippen LogP contribution in [0.2, 0.25) is 0 Å². The molecule has 4 N–H and O–H groups in total. The van der Waals surface area contributed by atoms with Crippen molar-refractivity contribution in [2.45, 2.75) is 0 Å². The number of rotatable bonds is 2. The third-order valence-electron chi connectivity index (χ3n) is 1.35. The highest BCUT2D eigenvalue weighted by atomic mass is 16.7. The molecule has 0 spiro atoms. The van der Waals surface area contributed by atoms with E-state index in [1.165, 1.54) is 0 Å². The van der Waals surface area contributed by atoms with Crippen LogP contribution < -0.4 is 16.6 Å². The van der Waals surface area contributed by atoms with Crippen molar-refractivity contribution in [2.75, 3.05) is 5.32 Å². The van der Waals surface area contributed by atoms with Crippen molar-refractivity contribution >= 4 is 11.6 Å². The molecule has 0 unspecified atom stereocenters. The molecule has 7 heteroatoms. The number of hydrogen-bond donors (Lipinski definition) is 3. The van der Waals surface area contributed by atoms with Gasteiger partial charge < -0.3 is 5.32 Å². The lowest BCUT2D eigenvalue weighted by Crippen LogP contribution is -2.36. The zero-order valence-electron chi connectivity index (χ0n) is 7.18. The first-order valence-electron chi connectivity index (χ1n) is 3.74. The summed E-state index contributed by atoms with van der Waals surface area (Å²) in [5.74, 6) is 4.90. The van der Waals surface area contributed by atoms with Crippen LogP contribution in [0.4, 0.5) is 5.69 Å².